The number of halogens is 3. The lowest BCUT2D eigenvalue weighted by molar-refractivity contribution is 0.0956. The van der Waals surface area contributed by atoms with E-state index in [2.05, 4.69) is 66.4 Å². The van der Waals surface area contributed by atoms with E-state index in [1.54, 1.807) is 23.9 Å². The smallest absolute Gasteiger partial charge is 0.252 e. The molecule has 0 aliphatic rings. The van der Waals surface area contributed by atoms with Crippen LogP contribution in [0.5, 0.6) is 0 Å². The largest absolute Gasteiger partial charge is 0.354 e. The van der Waals surface area contributed by atoms with Crippen LogP contribution in [0, 0.1) is 0 Å². The molecule has 0 unspecified atom stereocenters. The Morgan fingerprint density at radius 3 is 2.53 bits per heavy atom. The Morgan fingerprint density at radius 2 is 1.73 bits per heavy atom. The van der Waals surface area contributed by atoms with Crippen molar-refractivity contribution < 1.29 is 4.79 Å². The first kappa shape index (κ1) is 21.5. The molecule has 3 aromatic carbocycles. The van der Waals surface area contributed by atoms with Gasteiger partial charge in [0.05, 0.1) is 16.3 Å². The van der Waals surface area contributed by atoms with E-state index in [0.29, 0.717) is 17.1 Å². The van der Waals surface area contributed by atoms with Crippen molar-refractivity contribution in [2.24, 2.45) is 0 Å². The standard InChI is InChI=1S/C23H17Br2ClN2OS/c24-15-7-5-14(6-8-15)21-22(17-3-1-2-4-20(17)28-21)30-12-11-27-23(29)18-13-16(25)9-10-19(18)26/h1-10,13,28H,11-12H2,(H,27,29). The van der Waals surface area contributed by atoms with Gasteiger partial charge in [0, 0.05) is 37.0 Å². The van der Waals surface area contributed by atoms with Crippen LogP contribution in [0.4, 0.5) is 0 Å². The summed E-state index contributed by atoms with van der Waals surface area (Å²) < 4.78 is 1.87. The van der Waals surface area contributed by atoms with Crippen molar-refractivity contribution in [2.75, 3.05) is 12.3 Å². The molecular weight excluding hydrogens is 548 g/mol. The summed E-state index contributed by atoms with van der Waals surface area (Å²) in [5.74, 6) is 0.567. The zero-order valence-electron chi connectivity index (χ0n) is 15.7. The fraction of sp³-hybridized carbons (Fsp3) is 0.0870. The van der Waals surface area contributed by atoms with E-state index in [9.17, 15) is 4.79 Å². The van der Waals surface area contributed by atoms with Gasteiger partial charge in [-0.2, -0.15) is 0 Å². The molecule has 1 heterocycles. The van der Waals surface area contributed by atoms with Gasteiger partial charge in [0.1, 0.15) is 0 Å². The highest BCUT2D eigenvalue weighted by Gasteiger charge is 2.14. The Labute approximate surface area is 200 Å². The summed E-state index contributed by atoms with van der Waals surface area (Å²) in [7, 11) is 0. The summed E-state index contributed by atoms with van der Waals surface area (Å²) in [4.78, 5) is 17.2. The van der Waals surface area contributed by atoms with Gasteiger partial charge in [-0.05, 0) is 42.0 Å². The molecule has 0 radical (unpaired) electrons. The SMILES string of the molecule is O=C(NCCSc1c(-c2ccc(Br)cc2)[nH]c2ccccc12)c1cc(Br)ccc1Cl. The summed E-state index contributed by atoms with van der Waals surface area (Å²) in [6.07, 6.45) is 0. The van der Waals surface area contributed by atoms with E-state index < -0.39 is 0 Å². The molecule has 1 aromatic heterocycles. The highest BCUT2D eigenvalue weighted by molar-refractivity contribution is 9.10. The van der Waals surface area contributed by atoms with Crippen LogP contribution in [-0.2, 0) is 0 Å². The number of aromatic amines is 1. The Bertz CT molecular complexity index is 1210. The van der Waals surface area contributed by atoms with Crippen LogP contribution < -0.4 is 5.32 Å². The lowest BCUT2D eigenvalue weighted by Crippen LogP contribution is -2.26. The van der Waals surface area contributed by atoms with Gasteiger partial charge in [0.25, 0.3) is 5.91 Å². The number of H-pyrrole nitrogens is 1. The molecule has 4 rings (SSSR count). The molecule has 2 N–H and O–H groups in total. The van der Waals surface area contributed by atoms with E-state index in [-0.39, 0.29) is 5.91 Å². The summed E-state index contributed by atoms with van der Waals surface area (Å²) in [5.41, 5.74) is 3.79. The van der Waals surface area contributed by atoms with Crippen LogP contribution >= 0.6 is 55.2 Å². The van der Waals surface area contributed by atoms with E-state index in [1.807, 2.05) is 30.3 Å². The molecule has 0 saturated heterocycles. The van der Waals surface area contributed by atoms with E-state index in [1.165, 1.54) is 10.3 Å². The van der Waals surface area contributed by atoms with Crippen molar-refractivity contribution in [3.05, 3.63) is 86.3 Å². The minimum absolute atomic E-state index is 0.172. The number of hydrogen-bond donors (Lipinski definition) is 2. The number of nitrogens with one attached hydrogen (secondary N) is 2. The molecular formula is C23H17Br2ClN2OS. The third-order valence-electron chi connectivity index (χ3n) is 4.60. The van der Waals surface area contributed by atoms with Crippen LogP contribution in [0.1, 0.15) is 10.4 Å². The first-order valence-corrected chi connectivity index (χ1v) is 12.2. The molecule has 4 aromatic rings. The third kappa shape index (κ3) is 4.78. The molecule has 30 heavy (non-hydrogen) atoms. The van der Waals surface area contributed by atoms with Gasteiger partial charge in [-0.25, -0.2) is 0 Å². The molecule has 0 aliphatic carbocycles. The Hall–Kier alpha value is -1.73. The van der Waals surface area contributed by atoms with Crippen molar-refractivity contribution in [3.63, 3.8) is 0 Å². The molecule has 0 spiro atoms. The summed E-state index contributed by atoms with van der Waals surface area (Å²) in [6.45, 7) is 0.533. The normalized spacial score (nSPS) is 11.0. The van der Waals surface area contributed by atoms with E-state index in [0.717, 1.165) is 31.5 Å². The maximum Gasteiger partial charge on any atom is 0.252 e. The van der Waals surface area contributed by atoms with Gasteiger partial charge in [-0.15, -0.1) is 11.8 Å². The second-order valence-electron chi connectivity index (χ2n) is 6.61. The number of rotatable bonds is 6. The number of amides is 1. The maximum atomic E-state index is 12.5. The predicted octanol–water partition coefficient (Wildman–Crippen LogP) is 7.54. The average Bonchev–Trinajstić information content (AvgIpc) is 3.12. The van der Waals surface area contributed by atoms with Gasteiger partial charge in [-0.1, -0.05) is 73.8 Å². The lowest BCUT2D eigenvalue weighted by Gasteiger charge is -2.08. The quantitative estimate of drug-likeness (QED) is 0.188. The third-order valence-corrected chi connectivity index (χ3v) is 7.07. The van der Waals surface area contributed by atoms with Crippen molar-refractivity contribution in [1.29, 1.82) is 0 Å². The number of hydrogen-bond acceptors (Lipinski definition) is 2. The number of carbonyl (C=O) groups is 1. The van der Waals surface area contributed by atoms with Crippen LogP contribution in [-0.4, -0.2) is 23.2 Å². The monoisotopic (exact) mass is 562 g/mol. The molecule has 0 aliphatic heterocycles. The summed E-state index contributed by atoms with van der Waals surface area (Å²) in [6, 6.07) is 21.8. The molecule has 3 nitrogen and oxygen atoms in total. The maximum absolute atomic E-state index is 12.5. The zero-order valence-corrected chi connectivity index (χ0v) is 20.5. The van der Waals surface area contributed by atoms with Crippen LogP contribution in [0.15, 0.2) is 80.6 Å². The Morgan fingerprint density at radius 1 is 1.00 bits per heavy atom. The van der Waals surface area contributed by atoms with Gasteiger partial charge < -0.3 is 10.3 Å². The summed E-state index contributed by atoms with van der Waals surface area (Å²) in [5, 5.41) is 4.59. The topological polar surface area (TPSA) is 44.9 Å². The lowest BCUT2D eigenvalue weighted by atomic mass is 10.1. The molecule has 1 amide bonds. The first-order chi connectivity index (χ1) is 14.5. The first-order valence-electron chi connectivity index (χ1n) is 9.25. The van der Waals surface area contributed by atoms with Crippen molar-refractivity contribution in [1.82, 2.24) is 10.3 Å². The number of para-hydroxylation sites is 1. The average molecular weight is 565 g/mol. The van der Waals surface area contributed by atoms with Gasteiger partial charge in [0.2, 0.25) is 0 Å². The molecule has 7 heteroatoms. The number of thioether (sulfide) groups is 1. The van der Waals surface area contributed by atoms with Gasteiger partial charge in [0.15, 0.2) is 0 Å². The van der Waals surface area contributed by atoms with Crippen LogP contribution in [0.3, 0.4) is 0 Å². The number of fused-ring (bicyclic) bond motifs is 1. The fourth-order valence-electron chi connectivity index (χ4n) is 3.17. The van der Waals surface area contributed by atoms with Crippen molar-refractivity contribution in [3.8, 4) is 11.3 Å². The molecule has 0 saturated carbocycles. The van der Waals surface area contributed by atoms with Crippen molar-refractivity contribution in [2.45, 2.75) is 4.90 Å². The van der Waals surface area contributed by atoms with E-state index >= 15 is 0 Å². The second kappa shape index (κ2) is 9.60. The minimum Gasteiger partial charge on any atom is -0.354 e. The van der Waals surface area contributed by atoms with Gasteiger partial charge in [-0.3, -0.25) is 4.79 Å². The van der Waals surface area contributed by atoms with Crippen LogP contribution in [0.25, 0.3) is 22.2 Å². The second-order valence-corrected chi connectivity index (χ2v) is 9.95. The summed E-state index contributed by atoms with van der Waals surface area (Å²) >= 11 is 14.8. The number of carbonyl (C=O) groups excluding carboxylic acids is 1. The number of benzene rings is 3. The molecule has 0 bridgehead atoms. The Balaban J connectivity index is 1.50. The zero-order chi connectivity index (χ0) is 21.1. The van der Waals surface area contributed by atoms with E-state index in [4.69, 9.17) is 11.6 Å². The van der Waals surface area contributed by atoms with Crippen LogP contribution in [0.2, 0.25) is 5.02 Å². The fourth-order valence-corrected chi connectivity index (χ4v) is 5.05. The highest BCUT2D eigenvalue weighted by atomic mass is 79.9. The Kier molecular flexibility index (Phi) is 6.88. The molecule has 152 valence electrons. The molecule has 0 atom stereocenters. The highest BCUT2D eigenvalue weighted by Crippen LogP contribution is 2.37. The predicted molar refractivity (Wildman–Crippen MR) is 134 cm³/mol. The van der Waals surface area contributed by atoms with Gasteiger partial charge >= 0.3 is 0 Å². The number of aromatic nitrogens is 1. The molecule has 0 fully saturated rings. The van der Waals surface area contributed by atoms with Crippen molar-refractivity contribution >= 4 is 72.0 Å². The minimum atomic E-state index is -0.172.